The second kappa shape index (κ2) is 10.7. The van der Waals surface area contributed by atoms with Crippen LogP contribution >= 0.6 is 0 Å². The minimum absolute atomic E-state index is 0.282. The fourth-order valence-corrected chi connectivity index (χ4v) is 1.75. The molecule has 0 fully saturated rings. The lowest BCUT2D eigenvalue weighted by Gasteiger charge is -2.32. The SMILES string of the molecule is CCC(CC(OC)(OC)OC)NCCNCCN. The molecule has 1 unspecified atom stereocenters. The van der Waals surface area contributed by atoms with Gasteiger partial charge in [0.2, 0.25) is 0 Å². The molecule has 0 saturated heterocycles. The molecule has 0 rings (SSSR count). The van der Waals surface area contributed by atoms with E-state index in [-0.39, 0.29) is 6.04 Å². The number of hydrogen-bond donors (Lipinski definition) is 3. The minimum atomic E-state index is -0.960. The van der Waals surface area contributed by atoms with Gasteiger partial charge in [-0.05, 0) is 6.42 Å². The highest BCUT2D eigenvalue weighted by atomic mass is 16.9. The maximum atomic E-state index is 5.40. The van der Waals surface area contributed by atoms with E-state index in [1.807, 2.05) is 0 Å². The van der Waals surface area contributed by atoms with E-state index in [1.165, 1.54) is 0 Å². The summed E-state index contributed by atoms with van der Waals surface area (Å²) < 4.78 is 15.9. The third-order valence-electron chi connectivity index (χ3n) is 2.98. The normalized spacial score (nSPS) is 13.8. The molecule has 4 N–H and O–H groups in total. The molecule has 0 aromatic carbocycles. The van der Waals surface area contributed by atoms with Crippen LogP contribution in [0.4, 0.5) is 0 Å². The summed E-state index contributed by atoms with van der Waals surface area (Å²) >= 11 is 0. The summed E-state index contributed by atoms with van der Waals surface area (Å²) in [6.07, 6.45) is 1.62. The molecule has 0 aliphatic heterocycles. The molecule has 0 spiro atoms. The van der Waals surface area contributed by atoms with E-state index >= 15 is 0 Å². The van der Waals surface area contributed by atoms with Crippen molar-refractivity contribution in [1.82, 2.24) is 10.6 Å². The lowest BCUT2D eigenvalue weighted by atomic mass is 10.1. The van der Waals surface area contributed by atoms with Gasteiger partial charge in [-0.2, -0.15) is 0 Å². The molecular formula is C12H29N3O3. The van der Waals surface area contributed by atoms with Crippen molar-refractivity contribution in [3.05, 3.63) is 0 Å². The van der Waals surface area contributed by atoms with E-state index < -0.39 is 5.97 Å². The summed E-state index contributed by atoms with van der Waals surface area (Å²) in [6.45, 7) is 5.41. The smallest absolute Gasteiger partial charge is 0.283 e. The minimum Gasteiger partial charge on any atom is -0.331 e. The van der Waals surface area contributed by atoms with Crippen LogP contribution in [0.1, 0.15) is 19.8 Å². The van der Waals surface area contributed by atoms with E-state index in [9.17, 15) is 0 Å². The molecule has 0 aliphatic carbocycles. The molecule has 1 atom stereocenters. The third kappa shape index (κ3) is 6.63. The maximum Gasteiger partial charge on any atom is 0.283 e. The Hall–Kier alpha value is -0.240. The quantitative estimate of drug-likeness (QED) is 0.337. The van der Waals surface area contributed by atoms with Gasteiger partial charge in [-0.1, -0.05) is 6.92 Å². The topological polar surface area (TPSA) is 77.8 Å². The Bertz CT molecular complexity index is 181. The molecule has 0 bridgehead atoms. The number of methoxy groups -OCH3 is 3. The lowest BCUT2D eigenvalue weighted by Crippen LogP contribution is -2.45. The largest absolute Gasteiger partial charge is 0.331 e. The van der Waals surface area contributed by atoms with Crippen molar-refractivity contribution < 1.29 is 14.2 Å². The highest BCUT2D eigenvalue weighted by Gasteiger charge is 2.32. The van der Waals surface area contributed by atoms with Gasteiger partial charge in [0, 0.05) is 60.0 Å². The van der Waals surface area contributed by atoms with Gasteiger partial charge in [-0.3, -0.25) is 0 Å². The first kappa shape index (κ1) is 17.8. The molecule has 0 aromatic heterocycles. The lowest BCUT2D eigenvalue weighted by molar-refractivity contribution is -0.357. The summed E-state index contributed by atoms with van der Waals surface area (Å²) in [5.41, 5.74) is 5.40. The number of rotatable bonds is 12. The Balaban J connectivity index is 4.00. The average Bonchev–Trinajstić information content (AvgIpc) is 2.43. The van der Waals surface area contributed by atoms with Crippen molar-refractivity contribution in [3.63, 3.8) is 0 Å². The molecule has 0 aromatic rings. The Labute approximate surface area is 111 Å². The predicted molar refractivity (Wildman–Crippen MR) is 72.4 cm³/mol. The Morgan fingerprint density at radius 3 is 2.11 bits per heavy atom. The van der Waals surface area contributed by atoms with Crippen LogP contribution in [0.3, 0.4) is 0 Å². The molecule has 18 heavy (non-hydrogen) atoms. The van der Waals surface area contributed by atoms with Crippen molar-refractivity contribution in [2.75, 3.05) is 47.5 Å². The first-order valence-corrected chi connectivity index (χ1v) is 6.47. The van der Waals surface area contributed by atoms with E-state index in [1.54, 1.807) is 21.3 Å². The summed E-state index contributed by atoms with van der Waals surface area (Å²) in [4.78, 5) is 0. The van der Waals surface area contributed by atoms with Crippen LogP contribution in [0.15, 0.2) is 0 Å². The van der Waals surface area contributed by atoms with Crippen molar-refractivity contribution in [2.24, 2.45) is 5.73 Å². The zero-order valence-electron chi connectivity index (χ0n) is 12.1. The maximum absolute atomic E-state index is 5.40. The van der Waals surface area contributed by atoms with Gasteiger partial charge in [-0.15, -0.1) is 0 Å². The third-order valence-corrected chi connectivity index (χ3v) is 2.98. The molecule has 0 saturated carbocycles. The van der Waals surface area contributed by atoms with Crippen LogP contribution < -0.4 is 16.4 Å². The van der Waals surface area contributed by atoms with Gasteiger partial charge in [0.25, 0.3) is 5.97 Å². The highest BCUT2D eigenvalue weighted by Crippen LogP contribution is 2.20. The van der Waals surface area contributed by atoms with Crippen molar-refractivity contribution in [3.8, 4) is 0 Å². The monoisotopic (exact) mass is 263 g/mol. The first-order chi connectivity index (χ1) is 8.67. The average molecular weight is 263 g/mol. The second-order valence-corrected chi connectivity index (χ2v) is 4.10. The highest BCUT2D eigenvalue weighted by molar-refractivity contribution is 4.71. The fourth-order valence-electron chi connectivity index (χ4n) is 1.75. The van der Waals surface area contributed by atoms with Crippen LogP contribution in [0.5, 0.6) is 0 Å². The number of ether oxygens (including phenoxy) is 3. The zero-order valence-corrected chi connectivity index (χ0v) is 12.1. The fraction of sp³-hybridized carbons (Fsp3) is 1.00. The molecule has 6 nitrogen and oxygen atoms in total. The molecular weight excluding hydrogens is 234 g/mol. The van der Waals surface area contributed by atoms with E-state index in [0.29, 0.717) is 13.0 Å². The second-order valence-electron chi connectivity index (χ2n) is 4.10. The summed E-state index contributed by atoms with van der Waals surface area (Å²) in [7, 11) is 4.76. The van der Waals surface area contributed by atoms with Crippen LogP contribution in [-0.4, -0.2) is 59.5 Å². The van der Waals surface area contributed by atoms with Crippen LogP contribution in [0, 0.1) is 0 Å². The molecule has 0 radical (unpaired) electrons. The molecule has 0 aliphatic rings. The first-order valence-electron chi connectivity index (χ1n) is 6.47. The molecule has 110 valence electrons. The number of nitrogens with one attached hydrogen (secondary N) is 2. The van der Waals surface area contributed by atoms with Crippen LogP contribution in [-0.2, 0) is 14.2 Å². The van der Waals surface area contributed by atoms with Gasteiger partial charge in [0.05, 0.1) is 0 Å². The van der Waals surface area contributed by atoms with Crippen LogP contribution in [0.2, 0.25) is 0 Å². The van der Waals surface area contributed by atoms with Gasteiger partial charge in [0.1, 0.15) is 0 Å². The van der Waals surface area contributed by atoms with Gasteiger partial charge >= 0.3 is 0 Å². The van der Waals surface area contributed by atoms with Gasteiger partial charge in [0.15, 0.2) is 0 Å². The van der Waals surface area contributed by atoms with E-state index in [0.717, 1.165) is 26.1 Å². The molecule has 0 heterocycles. The van der Waals surface area contributed by atoms with Gasteiger partial charge in [-0.25, -0.2) is 0 Å². The van der Waals surface area contributed by atoms with Crippen molar-refractivity contribution >= 4 is 0 Å². The number of nitrogens with two attached hydrogens (primary N) is 1. The Morgan fingerprint density at radius 1 is 1.06 bits per heavy atom. The van der Waals surface area contributed by atoms with Gasteiger partial charge < -0.3 is 30.6 Å². The van der Waals surface area contributed by atoms with E-state index in [2.05, 4.69) is 17.6 Å². The summed E-state index contributed by atoms with van der Waals surface area (Å²) in [6, 6.07) is 0.282. The van der Waals surface area contributed by atoms with Crippen molar-refractivity contribution in [1.29, 1.82) is 0 Å². The summed E-state index contributed by atoms with van der Waals surface area (Å²) in [5, 5.41) is 6.68. The van der Waals surface area contributed by atoms with Crippen molar-refractivity contribution in [2.45, 2.75) is 31.8 Å². The predicted octanol–water partition coefficient (Wildman–Crippen LogP) is -0.114. The zero-order chi connectivity index (χ0) is 13.9. The Morgan fingerprint density at radius 2 is 1.67 bits per heavy atom. The Kier molecular flexibility index (Phi) is 10.5. The summed E-state index contributed by atoms with van der Waals surface area (Å²) in [5.74, 6) is -0.960. The molecule has 6 heteroatoms. The standard InChI is InChI=1S/C12H29N3O3/c1-5-11(15-9-8-14-7-6-13)10-12(16-2,17-3)18-4/h11,14-15H,5-10,13H2,1-4H3. The number of hydrogen-bond acceptors (Lipinski definition) is 6. The molecule has 0 amide bonds. The van der Waals surface area contributed by atoms with E-state index in [4.69, 9.17) is 19.9 Å². The van der Waals surface area contributed by atoms with Crippen LogP contribution in [0.25, 0.3) is 0 Å².